The van der Waals surface area contributed by atoms with E-state index in [0.29, 0.717) is 10.0 Å². The molecule has 0 N–H and O–H groups in total. The zero-order valence-corrected chi connectivity index (χ0v) is 13.1. The predicted molar refractivity (Wildman–Crippen MR) is 71.5 cm³/mol. The largest absolute Gasteiger partial charge is 0.531 e. The predicted octanol–water partition coefficient (Wildman–Crippen LogP) is 3.36. The van der Waals surface area contributed by atoms with Crippen LogP contribution in [0.3, 0.4) is 0 Å². The van der Waals surface area contributed by atoms with E-state index in [4.69, 9.17) is 25.2 Å². The third kappa shape index (κ3) is 3.65. The van der Waals surface area contributed by atoms with Gasteiger partial charge in [-0.15, -0.1) is 16.9 Å². The minimum absolute atomic E-state index is 0.0498. The topological polar surface area (TPSA) is 62.6 Å². The molecule has 0 radical (unpaired) electrons. The quantitative estimate of drug-likeness (QED) is 0.568. The van der Waals surface area contributed by atoms with Crippen molar-refractivity contribution in [3.05, 3.63) is 5.02 Å². The first kappa shape index (κ1) is 15.9. The molecule has 0 bridgehead atoms. The van der Waals surface area contributed by atoms with E-state index in [1.807, 2.05) is 6.26 Å². The van der Waals surface area contributed by atoms with Crippen molar-refractivity contribution in [1.29, 1.82) is 0 Å². The van der Waals surface area contributed by atoms with E-state index < -0.39 is 7.82 Å². The molecule has 0 unspecified atom stereocenters. The van der Waals surface area contributed by atoms with Gasteiger partial charge in [-0.1, -0.05) is 11.6 Å². The average Bonchev–Trinajstić information content (AvgIpc) is 2.54. The minimum atomic E-state index is -3.65. The normalized spacial score (nSPS) is 11.8. The Morgan fingerprint density at radius 1 is 1.39 bits per heavy atom. The van der Waals surface area contributed by atoms with Crippen molar-refractivity contribution in [1.82, 2.24) is 9.78 Å². The van der Waals surface area contributed by atoms with Crippen molar-refractivity contribution < 1.29 is 18.1 Å². The van der Waals surface area contributed by atoms with Gasteiger partial charge < -0.3 is 4.52 Å². The second-order valence-electron chi connectivity index (χ2n) is 3.13. The van der Waals surface area contributed by atoms with Gasteiger partial charge >= 0.3 is 7.82 Å². The third-order valence-corrected chi connectivity index (χ3v) is 4.73. The van der Waals surface area contributed by atoms with Crippen molar-refractivity contribution in [2.24, 2.45) is 7.05 Å². The van der Waals surface area contributed by atoms with Crippen LogP contribution in [0.5, 0.6) is 5.88 Å². The number of nitrogens with zero attached hydrogens (tertiary/aromatic N) is 2. The molecule has 0 saturated carbocycles. The molecule has 1 rings (SSSR count). The number of hydrogen-bond donors (Lipinski definition) is 0. The fourth-order valence-corrected chi connectivity index (χ4v) is 3.46. The molecule has 0 aromatic carbocycles. The Morgan fingerprint density at radius 3 is 2.33 bits per heavy atom. The molecule has 1 heterocycles. The lowest BCUT2D eigenvalue weighted by atomic mass is 10.7. The smallest absolute Gasteiger partial charge is 0.382 e. The van der Waals surface area contributed by atoms with E-state index in [-0.39, 0.29) is 19.1 Å². The highest BCUT2D eigenvalue weighted by Crippen LogP contribution is 2.51. The molecule has 0 atom stereocenters. The molecule has 0 amide bonds. The molecule has 0 saturated heterocycles. The Kier molecular flexibility index (Phi) is 6.01. The zero-order chi connectivity index (χ0) is 13.8. The number of phosphoric acid groups is 1. The summed E-state index contributed by atoms with van der Waals surface area (Å²) >= 11 is 7.49. The van der Waals surface area contributed by atoms with Crippen molar-refractivity contribution >= 4 is 31.2 Å². The molecule has 0 aliphatic carbocycles. The summed E-state index contributed by atoms with van der Waals surface area (Å²) in [6, 6.07) is 0. The van der Waals surface area contributed by atoms with Crippen LogP contribution in [0, 0.1) is 0 Å². The minimum Gasteiger partial charge on any atom is -0.382 e. The van der Waals surface area contributed by atoms with E-state index in [2.05, 4.69) is 5.10 Å². The number of aromatic nitrogens is 2. The van der Waals surface area contributed by atoms with Crippen LogP contribution in [-0.2, 0) is 20.7 Å². The average molecular weight is 315 g/mol. The fourth-order valence-electron chi connectivity index (χ4n) is 1.25. The summed E-state index contributed by atoms with van der Waals surface area (Å²) in [7, 11) is -1.94. The molecule has 1 aromatic heterocycles. The fraction of sp³-hybridized carbons (Fsp3) is 0.667. The SMILES string of the molecule is CCOP(=O)(OCC)Oc1nn(C)c(SC)c1Cl. The van der Waals surface area contributed by atoms with Crippen LogP contribution in [-0.4, -0.2) is 29.3 Å². The van der Waals surface area contributed by atoms with Crippen LogP contribution in [0.1, 0.15) is 13.8 Å². The Balaban J connectivity index is 2.98. The first-order valence-corrected chi connectivity index (χ1v) is 8.39. The summed E-state index contributed by atoms with van der Waals surface area (Å²) in [5.74, 6) is 0.0498. The van der Waals surface area contributed by atoms with Gasteiger partial charge in [0.05, 0.1) is 13.2 Å². The van der Waals surface area contributed by atoms with E-state index in [1.54, 1.807) is 25.6 Å². The van der Waals surface area contributed by atoms with Crippen LogP contribution in [0.2, 0.25) is 5.02 Å². The maximum absolute atomic E-state index is 12.2. The van der Waals surface area contributed by atoms with Crippen LogP contribution in [0.15, 0.2) is 5.03 Å². The third-order valence-electron chi connectivity index (χ3n) is 1.88. The number of hydrogen-bond acceptors (Lipinski definition) is 6. The number of thioether (sulfide) groups is 1. The number of halogens is 1. The summed E-state index contributed by atoms with van der Waals surface area (Å²) in [5.41, 5.74) is 0. The number of phosphoric ester groups is 1. The highest BCUT2D eigenvalue weighted by molar-refractivity contribution is 7.98. The summed E-state index contributed by atoms with van der Waals surface area (Å²) in [5, 5.41) is 5.05. The molecule has 0 spiro atoms. The van der Waals surface area contributed by atoms with Crippen LogP contribution in [0.25, 0.3) is 0 Å². The highest BCUT2D eigenvalue weighted by atomic mass is 35.5. The van der Waals surface area contributed by atoms with Gasteiger partial charge in [0.1, 0.15) is 10.0 Å². The van der Waals surface area contributed by atoms with Crippen LogP contribution < -0.4 is 4.52 Å². The first-order chi connectivity index (χ1) is 8.47. The maximum atomic E-state index is 12.2. The van der Waals surface area contributed by atoms with Gasteiger partial charge in [-0.25, -0.2) is 4.57 Å². The van der Waals surface area contributed by atoms with Crippen molar-refractivity contribution in [2.45, 2.75) is 18.9 Å². The second-order valence-corrected chi connectivity index (χ2v) is 5.89. The van der Waals surface area contributed by atoms with Crippen LogP contribution >= 0.6 is 31.2 Å². The van der Waals surface area contributed by atoms with Gasteiger partial charge in [0.15, 0.2) is 0 Å². The molecule has 6 nitrogen and oxygen atoms in total. The van der Waals surface area contributed by atoms with Gasteiger partial charge in [0, 0.05) is 7.05 Å². The van der Waals surface area contributed by atoms with Gasteiger partial charge in [0.25, 0.3) is 5.88 Å². The summed E-state index contributed by atoms with van der Waals surface area (Å²) in [4.78, 5) is 0. The van der Waals surface area contributed by atoms with Gasteiger partial charge in [-0.3, -0.25) is 13.7 Å². The monoisotopic (exact) mass is 314 g/mol. The van der Waals surface area contributed by atoms with E-state index in [1.165, 1.54) is 11.8 Å². The number of rotatable bonds is 7. The molecule has 18 heavy (non-hydrogen) atoms. The molecular weight excluding hydrogens is 299 g/mol. The standard InChI is InChI=1S/C9H16ClN2O4PS/c1-5-14-17(13,15-6-2)16-8-7(10)9(18-4)12(3)11-8/h5-6H2,1-4H3. The maximum Gasteiger partial charge on any atom is 0.531 e. The molecular formula is C9H16ClN2O4PS. The Labute approximate surface area is 116 Å². The van der Waals surface area contributed by atoms with Crippen molar-refractivity contribution in [2.75, 3.05) is 19.5 Å². The van der Waals surface area contributed by atoms with Gasteiger partial charge in [0.2, 0.25) is 0 Å². The molecule has 0 fully saturated rings. The number of aryl methyl sites for hydroxylation is 1. The van der Waals surface area contributed by atoms with Crippen molar-refractivity contribution in [3.63, 3.8) is 0 Å². The van der Waals surface area contributed by atoms with Gasteiger partial charge in [-0.2, -0.15) is 0 Å². The van der Waals surface area contributed by atoms with E-state index in [9.17, 15) is 4.57 Å². The molecule has 0 aliphatic rings. The van der Waals surface area contributed by atoms with Crippen LogP contribution in [0.4, 0.5) is 0 Å². The summed E-state index contributed by atoms with van der Waals surface area (Å²) in [6.45, 7) is 3.80. The molecule has 1 aromatic rings. The van der Waals surface area contributed by atoms with E-state index >= 15 is 0 Å². The first-order valence-electron chi connectivity index (χ1n) is 5.32. The molecule has 9 heteroatoms. The Morgan fingerprint density at radius 2 is 1.94 bits per heavy atom. The lowest BCUT2D eigenvalue weighted by Gasteiger charge is -2.15. The molecule has 0 aliphatic heterocycles. The summed E-state index contributed by atoms with van der Waals surface area (Å²) in [6.07, 6.45) is 1.86. The Hall–Kier alpha value is -0.200. The van der Waals surface area contributed by atoms with Gasteiger partial charge in [-0.05, 0) is 20.1 Å². The zero-order valence-electron chi connectivity index (χ0n) is 10.7. The Bertz CT molecular complexity index is 444. The van der Waals surface area contributed by atoms with E-state index in [0.717, 1.165) is 0 Å². The lowest BCUT2D eigenvalue weighted by molar-refractivity contribution is 0.165. The summed E-state index contributed by atoms with van der Waals surface area (Å²) < 4.78 is 28.9. The van der Waals surface area contributed by atoms with Crippen molar-refractivity contribution in [3.8, 4) is 5.88 Å². The molecule has 104 valence electrons. The second kappa shape index (κ2) is 6.82. The highest BCUT2D eigenvalue weighted by Gasteiger charge is 2.30. The lowest BCUT2D eigenvalue weighted by Crippen LogP contribution is -2.03.